The number of amidine groups is 1. The van der Waals surface area contributed by atoms with E-state index in [0.717, 1.165) is 12.1 Å². The third kappa shape index (κ3) is 5.14. The number of aliphatic carboxylic acids is 1. The normalized spacial score (nSPS) is 12.1. The van der Waals surface area contributed by atoms with Gasteiger partial charge in [-0.25, -0.2) is 4.99 Å². The van der Waals surface area contributed by atoms with E-state index in [1.54, 1.807) is 19.2 Å². The van der Waals surface area contributed by atoms with E-state index in [4.69, 9.17) is 5.11 Å². The number of aliphatic imine (C=N–C) groups is 1. The molecule has 0 fully saturated rings. The van der Waals surface area contributed by atoms with Crippen molar-refractivity contribution >= 4 is 11.8 Å². The summed E-state index contributed by atoms with van der Waals surface area (Å²) in [6.45, 7) is 9.08. The van der Waals surface area contributed by atoms with Gasteiger partial charge in [-0.05, 0) is 18.6 Å². The summed E-state index contributed by atoms with van der Waals surface area (Å²) in [5, 5.41) is 8.66. The van der Waals surface area contributed by atoms with Crippen LogP contribution in [-0.4, -0.2) is 35.4 Å². The van der Waals surface area contributed by atoms with Gasteiger partial charge >= 0.3 is 5.97 Å². The standard InChI is InChI=1S/C12H18N2O2/c1-5-8-10(6-2)13-11(7-3)14(4)9-12(15)16/h5,7-8H,1,3,6,9H2,2,4H3,(H,15,16)/b10-8+,13-11+. The molecule has 0 bridgehead atoms. The first-order chi connectivity index (χ1) is 7.54. The molecule has 1 N–H and O–H groups in total. The lowest BCUT2D eigenvalue weighted by Crippen LogP contribution is -2.30. The van der Waals surface area contributed by atoms with Crippen molar-refractivity contribution in [3.63, 3.8) is 0 Å². The number of carbonyl (C=O) groups is 1. The Morgan fingerprint density at radius 3 is 2.50 bits per heavy atom. The van der Waals surface area contributed by atoms with Gasteiger partial charge in [0.15, 0.2) is 0 Å². The molecule has 4 heteroatoms. The van der Waals surface area contributed by atoms with Crippen molar-refractivity contribution in [2.24, 2.45) is 4.99 Å². The maximum absolute atomic E-state index is 10.5. The van der Waals surface area contributed by atoms with Crippen LogP contribution in [0.25, 0.3) is 0 Å². The summed E-state index contributed by atoms with van der Waals surface area (Å²) in [7, 11) is 1.66. The molecule has 0 saturated carbocycles. The summed E-state index contributed by atoms with van der Waals surface area (Å²) < 4.78 is 0. The minimum Gasteiger partial charge on any atom is -0.480 e. The van der Waals surface area contributed by atoms with Crippen LogP contribution < -0.4 is 0 Å². The van der Waals surface area contributed by atoms with E-state index in [1.165, 1.54) is 11.0 Å². The smallest absolute Gasteiger partial charge is 0.323 e. The molecule has 0 radical (unpaired) electrons. The third-order valence-corrected chi connectivity index (χ3v) is 1.88. The summed E-state index contributed by atoms with van der Waals surface area (Å²) in [6.07, 6.45) is 5.73. The second-order valence-corrected chi connectivity index (χ2v) is 3.17. The van der Waals surface area contributed by atoms with Gasteiger partial charge < -0.3 is 10.0 Å². The molecule has 0 atom stereocenters. The molecule has 4 nitrogen and oxygen atoms in total. The minimum absolute atomic E-state index is 0.101. The highest BCUT2D eigenvalue weighted by molar-refractivity contribution is 5.94. The number of nitrogens with zero attached hydrogens (tertiary/aromatic N) is 2. The highest BCUT2D eigenvalue weighted by Crippen LogP contribution is 2.05. The number of carboxylic acid groups (broad SMARTS) is 1. The van der Waals surface area contributed by atoms with Crippen LogP contribution in [0.1, 0.15) is 13.3 Å². The van der Waals surface area contributed by atoms with Crippen molar-refractivity contribution in [2.75, 3.05) is 13.6 Å². The lowest BCUT2D eigenvalue weighted by Gasteiger charge is -2.16. The Hall–Kier alpha value is -1.84. The highest BCUT2D eigenvalue weighted by Gasteiger charge is 2.07. The molecule has 0 aromatic rings. The van der Waals surface area contributed by atoms with Crippen LogP contribution in [0, 0.1) is 0 Å². The van der Waals surface area contributed by atoms with E-state index < -0.39 is 5.97 Å². The lowest BCUT2D eigenvalue weighted by molar-refractivity contribution is -0.137. The fraction of sp³-hybridized carbons (Fsp3) is 0.333. The molecule has 0 aromatic carbocycles. The van der Waals surface area contributed by atoms with Gasteiger partial charge in [-0.2, -0.15) is 0 Å². The fourth-order valence-electron chi connectivity index (χ4n) is 1.09. The van der Waals surface area contributed by atoms with Crippen LogP contribution >= 0.6 is 0 Å². The third-order valence-electron chi connectivity index (χ3n) is 1.88. The molecular weight excluding hydrogens is 204 g/mol. The van der Waals surface area contributed by atoms with Crippen LogP contribution in [0.5, 0.6) is 0 Å². The Morgan fingerprint density at radius 2 is 2.12 bits per heavy atom. The SMILES string of the molecule is C=C/C=C(CC)/N=C(\C=C)N(C)CC(=O)O. The van der Waals surface area contributed by atoms with E-state index in [0.29, 0.717) is 5.84 Å². The van der Waals surface area contributed by atoms with Crippen LogP contribution in [0.2, 0.25) is 0 Å². The fourth-order valence-corrected chi connectivity index (χ4v) is 1.09. The molecule has 0 rings (SSSR count). The Morgan fingerprint density at radius 1 is 1.50 bits per heavy atom. The Kier molecular flexibility index (Phi) is 6.59. The summed E-state index contributed by atoms with van der Waals surface area (Å²) in [4.78, 5) is 16.4. The first kappa shape index (κ1) is 14.2. The number of allylic oxidation sites excluding steroid dienone is 3. The molecule has 0 amide bonds. The second-order valence-electron chi connectivity index (χ2n) is 3.17. The summed E-state index contributed by atoms with van der Waals surface area (Å²) in [5.41, 5.74) is 0.835. The second kappa shape index (κ2) is 7.45. The van der Waals surface area contributed by atoms with Crippen molar-refractivity contribution in [1.29, 1.82) is 0 Å². The average molecular weight is 222 g/mol. The maximum Gasteiger partial charge on any atom is 0.323 e. The molecule has 0 saturated heterocycles. The van der Waals surface area contributed by atoms with Crippen molar-refractivity contribution in [3.8, 4) is 0 Å². The van der Waals surface area contributed by atoms with Gasteiger partial charge in [0.05, 0.1) is 0 Å². The molecule has 0 aliphatic carbocycles. The molecule has 0 aliphatic rings. The van der Waals surface area contributed by atoms with Crippen LogP contribution in [0.15, 0.2) is 42.1 Å². The largest absolute Gasteiger partial charge is 0.480 e. The zero-order chi connectivity index (χ0) is 12.6. The molecule has 88 valence electrons. The Bertz CT molecular complexity index is 330. The van der Waals surface area contributed by atoms with Crippen molar-refractivity contribution in [2.45, 2.75) is 13.3 Å². The minimum atomic E-state index is -0.900. The molecule has 0 heterocycles. The number of carboxylic acids is 1. The molecule has 16 heavy (non-hydrogen) atoms. The summed E-state index contributed by atoms with van der Waals surface area (Å²) in [6, 6.07) is 0. The maximum atomic E-state index is 10.5. The number of hydrogen-bond acceptors (Lipinski definition) is 2. The van der Waals surface area contributed by atoms with E-state index >= 15 is 0 Å². The van der Waals surface area contributed by atoms with E-state index in [2.05, 4.69) is 18.2 Å². The predicted octanol–water partition coefficient (Wildman–Crippen LogP) is 2.07. The number of likely N-dealkylation sites (N-methyl/N-ethyl adjacent to an activating group) is 1. The first-order valence-electron chi connectivity index (χ1n) is 5.00. The molecule has 0 aliphatic heterocycles. The number of hydrogen-bond donors (Lipinski definition) is 1. The van der Waals surface area contributed by atoms with Gasteiger partial charge in [0.25, 0.3) is 0 Å². The van der Waals surface area contributed by atoms with Gasteiger partial charge in [-0.15, -0.1) is 0 Å². The topological polar surface area (TPSA) is 52.9 Å². The average Bonchev–Trinajstić information content (AvgIpc) is 2.22. The molecule has 0 unspecified atom stereocenters. The van der Waals surface area contributed by atoms with Gasteiger partial charge in [-0.1, -0.05) is 26.2 Å². The van der Waals surface area contributed by atoms with E-state index in [-0.39, 0.29) is 6.54 Å². The van der Waals surface area contributed by atoms with Crippen molar-refractivity contribution in [3.05, 3.63) is 37.1 Å². The van der Waals surface area contributed by atoms with Crippen LogP contribution in [0.3, 0.4) is 0 Å². The van der Waals surface area contributed by atoms with E-state index in [1.807, 2.05) is 6.92 Å². The van der Waals surface area contributed by atoms with Gasteiger partial charge in [-0.3, -0.25) is 4.79 Å². The van der Waals surface area contributed by atoms with Gasteiger partial charge in [0, 0.05) is 12.7 Å². The van der Waals surface area contributed by atoms with E-state index in [9.17, 15) is 4.79 Å². The summed E-state index contributed by atoms with van der Waals surface area (Å²) >= 11 is 0. The zero-order valence-corrected chi connectivity index (χ0v) is 9.81. The van der Waals surface area contributed by atoms with Crippen molar-refractivity contribution < 1.29 is 9.90 Å². The predicted molar refractivity (Wildman–Crippen MR) is 66.5 cm³/mol. The van der Waals surface area contributed by atoms with Crippen LogP contribution in [0.4, 0.5) is 0 Å². The number of rotatable bonds is 6. The van der Waals surface area contributed by atoms with Gasteiger partial charge in [0.2, 0.25) is 0 Å². The highest BCUT2D eigenvalue weighted by atomic mass is 16.4. The van der Waals surface area contributed by atoms with Crippen molar-refractivity contribution in [1.82, 2.24) is 4.90 Å². The first-order valence-corrected chi connectivity index (χ1v) is 5.00. The zero-order valence-electron chi connectivity index (χ0n) is 9.81. The molecule has 0 aromatic heterocycles. The molecular formula is C12H18N2O2. The van der Waals surface area contributed by atoms with Gasteiger partial charge in [0.1, 0.15) is 12.4 Å². The Labute approximate surface area is 96.3 Å². The quantitative estimate of drug-likeness (QED) is 0.425. The van der Waals surface area contributed by atoms with Crippen LogP contribution in [-0.2, 0) is 4.79 Å². The lowest BCUT2D eigenvalue weighted by atomic mass is 10.3. The summed E-state index contributed by atoms with van der Waals surface area (Å²) in [5.74, 6) is -0.361. The Balaban J connectivity index is 4.88. The monoisotopic (exact) mass is 222 g/mol. The molecule has 0 spiro atoms.